The van der Waals surface area contributed by atoms with Gasteiger partial charge in [0.1, 0.15) is 6.04 Å². The van der Waals surface area contributed by atoms with Crippen molar-refractivity contribution in [3.8, 4) is 0 Å². The van der Waals surface area contributed by atoms with Crippen molar-refractivity contribution in [2.75, 3.05) is 0 Å². The largest absolute Gasteiger partial charge is 0.480 e. The molecule has 2 N–H and O–H groups in total. The van der Waals surface area contributed by atoms with Gasteiger partial charge in [-0.1, -0.05) is 48.3 Å². The number of aryl methyl sites for hydroxylation is 1. The SMILES string of the molecule is CC[C@H](C)[C@H](NC(=O)CCc1cccc(Br)c1)C(=O)O. The Morgan fingerprint density at radius 3 is 2.65 bits per heavy atom. The molecule has 0 aliphatic carbocycles. The lowest BCUT2D eigenvalue weighted by molar-refractivity contribution is -0.143. The normalized spacial score (nSPS) is 13.6. The number of benzene rings is 1. The van der Waals surface area contributed by atoms with E-state index in [9.17, 15) is 9.59 Å². The van der Waals surface area contributed by atoms with Gasteiger partial charge in [0.05, 0.1) is 0 Å². The van der Waals surface area contributed by atoms with Gasteiger partial charge in [0, 0.05) is 10.9 Å². The number of halogens is 1. The molecule has 0 aliphatic rings. The molecule has 0 saturated heterocycles. The summed E-state index contributed by atoms with van der Waals surface area (Å²) in [5.74, 6) is -1.28. The van der Waals surface area contributed by atoms with Crippen molar-refractivity contribution >= 4 is 27.8 Å². The number of carboxylic acid groups (broad SMARTS) is 1. The molecule has 0 saturated carbocycles. The zero-order chi connectivity index (χ0) is 15.1. The van der Waals surface area contributed by atoms with E-state index in [1.165, 1.54) is 0 Å². The smallest absolute Gasteiger partial charge is 0.326 e. The molecular formula is C15H20BrNO3. The summed E-state index contributed by atoms with van der Waals surface area (Å²) >= 11 is 3.38. The molecule has 0 heterocycles. The standard InChI is InChI=1S/C15H20BrNO3/c1-3-10(2)14(15(19)20)17-13(18)8-7-11-5-4-6-12(16)9-11/h4-6,9-10,14H,3,7-8H2,1-2H3,(H,17,18)(H,19,20)/t10-,14-/m0/s1. The molecule has 0 fully saturated rings. The second kappa shape index (κ2) is 8.04. The minimum absolute atomic E-state index is 0.0812. The lowest BCUT2D eigenvalue weighted by atomic mass is 9.99. The van der Waals surface area contributed by atoms with Gasteiger partial charge in [-0.15, -0.1) is 0 Å². The predicted octanol–water partition coefficient (Wildman–Crippen LogP) is 3.00. The molecule has 110 valence electrons. The summed E-state index contributed by atoms with van der Waals surface area (Å²) in [5, 5.41) is 11.7. The monoisotopic (exact) mass is 341 g/mol. The Morgan fingerprint density at radius 1 is 1.40 bits per heavy atom. The minimum atomic E-state index is -0.977. The summed E-state index contributed by atoms with van der Waals surface area (Å²) in [7, 11) is 0. The van der Waals surface area contributed by atoms with Crippen LogP contribution in [-0.2, 0) is 16.0 Å². The fourth-order valence-electron chi connectivity index (χ4n) is 1.88. The predicted molar refractivity (Wildman–Crippen MR) is 81.5 cm³/mol. The topological polar surface area (TPSA) is 66.4 Å². The molecule has 0 unspecified atom stereocenters. The maximum Gasteiger partial charge on any atom is 0.326 e. The van der Waals surface area contributed by atoms with Gasteiger partial charge in [-0.05, 0) is 30.0 Å². The van der Waals surface area contributed by atoms with E-state index in [1.807, 2.05) is 38.1 Å². The highest BCUT2D eigenvalue weighted by Crippen LogP contribution is 2.13. The minimum Gasteiger partial charge on any atom is -0.480 e. The van der Waals surface area contributed by atoms with Crippen LogP contribution < -0.4 is 5.32 Å². The number of amides is 1. The van der Waals surface area contributed by atoms with Crippen molar-refractivity contribution in [3.05, 3.63) is 34.3 Å². The fraction of sp³-hybridized carbons (Fsp3) is 0.467. The van der Waals surface area contributed by atoms with Gasteiger partial charge in [0.2, 0.25) is 5.91 Å². The average Bonchev–Trinajstić information content (AvgIpc) is 2.41. The molecule has 4 nitrogen and oxygen atoms in total. The molecule has 0 bridgehead atoms. The van der Waals surface area contributed by atoms with E-state index >= 15 is 0 Å². The molecule has 1 aromatic carbocycles. The Balaban J connectivity index is 2.52. The Morgan fingerprint density at radius 2 is 2.10 bits per heavy atom. The van der Waals surface area contributed by atoms with Crippen molar-refractivity contribution < 1.29 is 14.7 Å². The number of carbonyl (C=O) groups excluding carboxylic acids is 1. The fourth-order valence-corrected chi connectivity index (χ4v) is 2.33. The van der Waals surface area contributed by atoms with Crippen molar-refractivity contribution in [1.29, 1.82) is 0 Å². The van der Waals surface area contributed by atoms with Gasteiger partial charge in [-0.3, -0.25) is 4.79 Å². The zero-order valence-electron chi connectivity index (χ0n) is 11.7. The Kier molecular flexibility index (Phi) is 6.71. The number of nitrogens with one attached hydrogen (secondary N) is 1. The van der Waals surface area contributed by atoms with E-state index in [1.54, 1.807) is 0 Å². The molecule has 1 amide bonds. The van der Waals surface area contributed by atoms with Crippen LogP contribution in [0.1, 0.15) is 32.3 Å². The first-order valence-corrected chi connectivity index (χ1v) is 7.50. The Hall–Kier alpha value is -1.36. The van der Waals surface area contributed by atoms with E-state index in [2.05, 4.69) is 21.2 Å². The second-order valence-corrected chi connectivity index (χ2v) is 5.81. The van der Waals surface area contributed by atoms with E-state index in [0.29, 0.717) is 12.8 Å². The average molecular weight is 342 g/mol. The highest BCUT2D eigenvalue weighted by Gasteiger charge is 2.24. The van der Waals surface area contributed by atoms with Crippen LogP contribution in [0, 0.1) is 5.92 Å². The third-order valence-corrected chi connectivity index (χ3v) is 3.82. The number of rotatable bonds is 7. The van der Waals surface area contributed by atoms with Gasteiger partial charge >= 0.3 is 5.97 Å². The summed E-state index contributed by atoms with van der Waals surface area (Å²) in [4.78, 5) is 23.0. The number of carbonyl (C=O) groups is 2. The molecule has 0 aliphatic heterocycles. The molecule has 0 aromatic heterocycles. The van der Waals surface area contributed by atoms with Crippen molar-refractivity contribution in [3.63, 3.8) is 0 Å². The number of hydrogen-bond acceptors (Lipinski definition) is 2. The number of hydrogen-bond donors (Lipinski definition) is 2. The molecular weight excluding hydrogens is 322 g/mol. The van der Waals surface area contributed by atoms with E-state index in [4.69, 9.17) is 5.11 Å². The van der Waals surface area contributed by atoms with Crippen LogP contribution in [0.5, 0.6) is 0 Å². The number of aliphatic carboxylic acids is 1. The molecule has 0 spiro atoms. The van der Waals surface area contributed by atoms with Crippen molar-refractivity contribution in [2.24, 2.45) is 5.92 Å². The first-order valence-electron chi connectivity index (χ1n) is 6.70. The lowest BCUT2D eigenvalue weighted by Gasteiger charge is -2.20. The van der Waals surface area contributed by atoms with Crippen molar-refractivity contribution in [2.45, 2.75) is 39.2 Å². The summed E-state index contributed by atoms with van der Waals surface area (Å²) < 4.78 is 0.971. The second-order valence-electron chi connectivity index (χ2n) is 4.90. The van der Waals surface area contributed by atoms with Gasteiger partial charge in [-0.2, -0.15) is 0 Å². The van der Waals surface area contributed by atoms with Crippen molar-refractivity contribution in [1.82, 2.24) is 5.32 Å². The third kappa shape index (κ3) is 5.33. The molecule has 1 aromatic rings. The molecule has 1 rings (SSSR count). The van der Waals surface area contributed by atoms with Crippen LogP contribution in [-0.4, -0.2) is 23.0 Å². The first-order chi connectivity index (χ1) is 9.43. The highest BCUT2D eigenvalue weighted by molar-refractivity contribution is 9.10. The van der Waals surface area contributed by atoms with Crippen LogP contribution in [0.25, 0.3) is 0 Å². The Bertz CT molecular complexity index is 476. The summed E-state index contributed by atoms with van der Waals surface area (Å²) in [6.45, 7) is 3.74. The van der Waals surface area contributed by atoms with Gasteiger partial charge in [0.25, 0.3) is 0 Å². The van der Waals surface area contributed by atoms with Gasteiger partial charge in [-0.25, -0.2) is 4.79 Å². The van der Waals surface area contributed by atoms with Crippen LogP contribution in [0.3, 0.4) is 0 Å². The summed E-state index contributed by atoms with van der Waals surface area (Å²) in [6, 6.07) is 6.93. The molecule has 20 heavy (non-hydrogen) atoms. The number of carboxylic acids is 1. The lowest BCUT2D eigenvalue weighted by Crippen LogP contribution is -2.45. The van der Waals surface area contributed by atoms with E-state index in [0.717, 1.165) is 10.0 Å². The highest BCUT2D eigenvalue weighted by atomic mass is 79.9. The summed E-state index contributed by atoms with van der Waals surface area (Å²) in [6.07, 6.45) is 1.59. The van der Waals surface area contributed by atoms with E-state index in [-0.39, 0.29) is 18.2 Å². The quantitative estimate of drug-likeness (QED) is 0.801. The molecule has 0 radical (unpaired) electrons. The van der Waals surface area contributed by atoms with E-state index < -0.39 is 12.0 Å². The van der Waals surface area contributed by atoms with Crippen LogP contribution in [0.4, 0.5) is 0 Å². The summed E-state index contributed by atoms with van der Waals surface area (Å²) in [5.41, 5.74) is 1.05. The maximum absolute atomic E-state index is 11.9. The van der Waals surface area contributed by atoms with Gasteiger partial charge in [0.15, 0.2) is 0 Å². The van der Waals surface area contributed by atoms with Crippen LogP contribution in [0.15, 0.2) is 28.7 Å². The maximum atomic E-state index is 11.9. The zero-order valence-corrected chi connectivity index (χ0v) is 13.3. The Labute approximate surface area is 127 Å². The van der Waals surface area contributed by atoms with Crippen LogP contribution in [0.2, 0.25) is 0 Å². The van der Waals surface area contributed by atoms with Gasteiger partial charge < -0.3 is 10.4 Å². The third-order valence-electron chi connectivity index (χ3n) is 3.33. The molecule has 2 atom stereocenters. The van der Waals surface area contributed by atoms with Crippen LogP contribution >= 0.6 is 15.9 Å². The molecule has 5 heteroatoms. The first kappa shape index (κ1) is 16.7.